The van der Waals surface area contributed by atoms with Gasteiger partial charge in [0.2, 0.25) is 5.91 Å². The van der Waals surface area contributed by atoms with Crippen molar-refractivity contribution in [1.29, 1.82) is 0 Å². The van der Waals surface area contributed by atoms with Gasteiger partial charge in [0.25, 0.3) is 5.91 Å². The molecule has 6 heteroatoms. The summed E-state index contributed by atoms with van der Waals surface area (Å²) in [5.41, 5.74) is 3.26. The van der Waals surface area contributed by atoms with Gasteiger partial charge < -0.3 is 14.7 Å². The molecule has 142 valence electrons. The molecular weight excluding hydrogens is 362 g/mol. The Morgan fingerprint density at radius 3 is 2.41 bits per heavy atom. The van der Waals surface area contributed by atoms with Crippen LogP contribution in [-0.4, -0.2) is 44.4 Å². The highest BCUT2D eigenvalue weighted by molar-refractivity contribution is 6.31. The van der Waals surface area contributed by atoms with E-state index in [1.54, 1.807) is 35.0 Å². The fourth-order valence-corrected chi connectivity index (χ4v) is 3.43. The summed E-state index contributed by atoms with van der Waals surface area (Å²) >= 11 is 6.13. The van der Waals surface area contributed by atoms with Crippen LogP contribution in [0, 0.1) is 0 Å². The largest absolute Gasteiger partial charge is 0.378 e. The van der Waals surface area contributed by atoms with Gasteiger partial charge in [-0.3, -0.25) is 9.59 Å². The first-order valence-electron chi connectivity index (χ1n) is 8.98. The van der Waals surface area contributed by atoms with Crippen molar-refractivity contribution in [2.45, 2.75) is 19.4 Å². The highest BCUT2D eigenvalue weighted by Crippen LogP contribution is 2.29. The summed E-state index contributed by atoms with van der Waals surface area (Å²) in [6, 6.07) is 13.2. The van der Waals surface area contributed by atoms with E-state index in [0.29, 0.717) is 35.8 Å². The Bertz CT molecular complexity index is 849. The number of amides is 2. The minimum atomic E-state index is -0.127. The van der Waals surface area contributed by atoms with Crippen LogP contribution in [0.1, 0.15) is 28.8 Å². The Hall–Kier alpha value is -2.53. The Kier molecular flexibility index (Phi) is 5.71. The van der Waals surface area contributed by atoms with Crippen molar-refractivity contribution in [3.05, 3.63) is 58.6 Å². The van der Waals surface area contributed by atoms with E-state index in [9.17, 15) is 9.59 Å². The molecule has 27 heavy (non-hydrogen) atoms. The predicted octanol–water partition coefficient (Wildman–Crippen LogP) is 3.81. The molecule has 0 spiro atoms. The van der Waals surface area contributed by atoms with Crippen molar-refractivity contribution in [2.75, 3.05) is 37.5 Å². The molecule has 1 fully saturated rings. The van der Waals surface area contributed by atoms with Gasteiger partial charge in [0, 0.05) is 51.4 Å². The number of halogens is 1. The zero-order valence-corrected chi connectivity index (χ0v) is 16.7. The first-order chi connectivity index (χ1) is 12.9. The van der Waals surface area contributed by atoms with Crippen LogP contribution in [0.4, 0.5) is 11.4 Å². The molecule has 0 N–H and O–H groups in total. The quantitative estimate of drug-likeness (QED) is 0.786. The van der Waals surface area contributed by atoms with Crippen LogP contribution in [0.3, 0.4) is 0 Å². The summed E-state index contributed by atoms with van der Waals surface area (Å²) in [7, 11) is 5.76. The third-order valence-corrected chi connectivity index (χ3v) is 5.01. The normalized spacial score (nSPS) is 13.8. The molecule has 1 aliphatic rings. The summed E-state index contributed by atoms with van der Waals surface area (Å²) in [5, 5.41) is 0.517. The number of hydrogen-bond donors (Lipinski definition) is 0. The van der Waals surface area contributed by atoms with Crippen molar-refractivity contribution in [2.24, 2.45) is 0 Å². The van der Waals surface area contributed by atoms with E-state index in [0.717, 1.165) is 17.7 Å². The van der Waals surface area contributed by atoms with Crippen LogP contribution in [0.5, 0.6) is 0 Å². The summed E-state index contributed by atoms with van der Waals surface area (Å²) in [4.78, 5) is 30.6. The van der Waals surface area contributed by atoms with E-state index in [1.165, 1.54) is 0 Å². The van der Waals surface area contributed by atoms with E-state index >= 15 is 0 Å². The summed E-state index contributed by atoms with van der Waals surface area (Å²) in [5.74, 6) is -0.0914. The van der Waals surface area contributed by atoms with Gasteiger partial charge in [-0.25, -0.2) is 0 Å². The van der Waals surface area contributed by atoms with Gasteiger partial charge in [-0.2, -0.15) is 0 Å². The maximum Gasteiger partial charge on any atom is 0.256 e. The summed E-state index contributed by atoms with van der Waals surface area (Å²) < 4.78 is 0. The monoisotopic (exact) mass is 385 g/mol. The number of nitrogens with zero attached hydrogens (tertiary/aromatic N) is 3. The van der Waals surface area contributed by atoms with Crippen molar-refractivity contribution >= 4 is 34.8 Å². The standard InChI is InChI=1S/C21H24ClN3O2/c1-23(2)17-9-6-15(7-10-17)14-24(3)21(27)18-11-8-16(22)13-19(18)25-12-4-5-20(25)26/h6-11,13H,4-5,12,14H2,1-3H3. The van der Waals surface area contributed by atoms with Crippen LogP contribution >= 0.6 is 11.6 Å². The fourth-order valence-electron chi connectivity index (χ4n) is 3.26. The molecule has 0 saturated carbocycles. The lowest BCUT2D eigenvalue weighted by atomic mass is 10.1. The van der Waals surface area contributed by atoms with Gasteiger partial charge in [0.1, 0.15) is 0 Å². The lowest BCUT2D eigenvalue weighted by Gasteiger charge is -2.23. The molecule has 1 aliphatic heterocycles. The number of carbonyl (C=O) groups is 2. The first kappa shape index (κ1) is 19.2. The van der Waals surface area contributed by atoms with E-state index in [4.69, 9.17) is 11.6 Å². The number of rotatable bonds is 5. The van der Waals surface area contributed by atoms with Gasteiger partial charge in [-0.15, -0.1) is 0 Å². The molecule has 0 aliphatic carbocycles. The highest BCUT2D eigenvalue weighted by atomic mass is 35.5. The molecule has 1 heterocycles. The molecule has 2 aromatic rings. The molecule has 2 aromatic carbocycles. The van der Waals surface area contributed by atoms with E-state index in [2.05, 4.69) is 0 Å². The second-order valence-electron chi connectivity index (χ2n) is 7.03. The predicted molar refractivity (Wildman–Crippen MR) is 110 cm³/mol. The number of benzene rings is 2. The minimum absolute atomic E-state index is 0.0354. The third kappa shape index (κ3) is 4.25. The Labute approximate surface area is 165 Å². The van der Waals surface area contributed by atoms with Crippen molar-refractivity contribution in [3.8, 4) is 0 Å². The molecule has 0 bridgehead atoms. The Balaban J connectivity index is 1.81. The van der Waals surface area contributed by atoms with Crippen molar-refractivity contribution in [3.63, 3.8) is 0 Å². The fraction of sp³-hybridized carbons (Fsp3) is 0.333. The van der Waals surface area contributed by atoms with Crippen molar-refractivity contribution < 1.29 is 9.59 Å². The highest BCUT2D eigenvalue weighted by Gasteiger charge is 2.27. The smallest absolute Gasteiger partial charge is 0.256 e. The van der Waals surface area contributed by atoms with Gasteiger partial charge >= 0.3 is 0 Å². The van der Waals surface area contributed by atoms with E-state index < -0.39 is 0 Å². The average molecular weight is 386 g/mol. The van der Waals surface area contributed by atoms with E-state index in [1.807, 2.05) is 43.3 Å². The molecule has 0 aromatic heterocycles. The summed E-state index contributed by atoms with van der Waals surface area (Å²) in [6.45, 7) is 1.11. The second kappa shape index (κ2) is 8.01. The average Bonchev–Trinajstić information content (AvgIpc) is 3.07. The molecule has 0 unspecified atom stereocenters. The van der Waals surface area contributed by atoms with Gasteiger partial charge in [-0.1, -0.05) is 23.7 Å². The Morgan fingerprint density at radius 1 is 1.11 bits per heavy atom. The molecular formula is C21H24ClN3O2. The Morgan fingerprint density at radius 2 is 1.81 bits per heavy atom. The SMILES string of the molecule is CN(Cc1ccc(N(C)C)cc1)C(=O)c1ccc(Cl)cc1N1CCCC1=O. The molecule has 1 saturated heterocycles. The third-order valence-electron chi connectivity index (χ3n) is 4.77. The lowest BCUT2D eigenvalue weighted by Crippen LogP contribution is -2.30. The molecule has 0 atom stereocenters. The lowest BCUT2D eigenvalue weighted by molar-refractivity contribution is -0.117. The molecule has 3 rings (SSSR count). The number of anilines is 2. The topological polar surface area (TPSA) is 43.9 Å². The maximum absolute atomic E-state index is 13.1. The maximum atomic E-state index is 13.1. The van der Waals surface area contributed by atoms with E-state index in [-0.39, 0.29) is 11.8 Å². The van der Waals surface area contributed by atoms with Crippen LogP contribution in [0.25, 0.3) is 0 Å². The van der Waals surface area contributed by atoms with Crippen molar-refractivity contribution in [1.82, 2.24) is 4.90 Å². The second-order valence-corrected chi connectivity index (χ2v) is 7.47. The molecule has 2 amide bonds. The van der Waals surface area contributed by atoms with Gasteiger partial charge in [0.05, 0.1) is 11.3 Å². The minimum Gasteiger partial charge on any atom is -0.378 e. The summed E-state index contributed by atoms with van der Waals surface area (Å²) in [6.07, 6.45) is 1.31. The number of hydrogen-bond acceptors (Lipinski definition) is 3. The number of carbonyl (C=O) groups excluding carboxylic acids is 2. The van der Waals surface area contributed by atoms with Crippen LogP contribution in [0.15, 0.2) is 42.5 Å². The first-order valence-corrected chi connectivity index (χ1v) is 9.36. The van der Waals surface area contributed by atoms with Gasteiger partial charge in [0.15, 0.2) is 0 Å². The van der Waals surface area contributed by atoms with Crippen LogP contribution in [0.2, 0.25) is 5.02 Å². The van der Waals surface area contributed by atoms with Gasteiger partial charge in [-0.05, 0) is 42.3 Å². The van der Waals surface area contributed by atoms with Crippen LogP contribution < -0.4 is 9.80 Å². The molecule has 0 radical (unpaired) electrons. The zero-order chi connectivity index (χ0) is 19.6. The molecule has 5 nitrogen and oxygen atoms in total. The van der Waals surface area contributed by atoms with Crippen LogP contribution in [-0.2, 0) is 11.3 Å². The zero-order valence-electron chi connectivity index (χ0n) is 15.9.